The number of likely N-dealkylation sites (tertiary alicyclic amines) is 1. The van der Waals surface area contributed by atoms with E-state index in [0.29, 0.717) is 18.3 Å². The standard InChI is InChI=1S/C23H35FN4O4/c1-15(2)22-26-23(27-32-22)28-10-8-17(9-11-28)5-4-12-31-18-6-7-19(20(24)13-18)21(30)25-16(3)14-29/h6-7,13,15-17,23,27,29H,4-5,8-12,14H2,1-3H3,(H,25,30)/t16-,23?/m1/s1. The molecule has 2 aliphatic rings. The van der Waals surface area contributed by atoms with Gasteiger partial charge in [-0.2, -0.15) is 0 Å². The molecule has 1 unspecified atom stereocenters. The number of halogens is 1. The van der Waals surface area contributed by atoms with Gasteiger partial charge in [0.05, 0.1) is 18.8 Å². The van der Waals surface area contributed by atoms with Crippen LogP contribution in [-0.2, 0) is 4.84 Å². The van der Waals surface area contributed by atoms with Crippen LogP contribution in [0.4, 0.5) is 4.39 Å². The number of nitrogens with one attached hydrogen (secondary N) is 2. The minimum absolute atomic E-state index is 0.0589. The maximum Gasteiger partial charge on any atom is 0.254 e. The molecule has 2 atom stereocenters. The van der Waals surface area contributed by atoms with Crippen molar-refractivity contribution in [1.29, 1.82) is 0 Å². The predicted molar refractivity (Wildman–Crippen MR) is 120 cm³/mol. The molecule has 1 aromatic carbocycles. The van der Waals surface area contributed by atoms with Gasteiger partial charge in [0.15, 0.2) is 6.29 Å². The number of piperidine rings is 1. The molecule has 0 saturated carbocycles. The van der Waals surface area contributed by atoms with Gasteiger partial charge in [-0.05, 0) is 50.7 Å². The predicted octanol–water partition coefficient (Wildman–Crippen LogP) is 2.68. The smallest absolute Gasteiger partial charge is 0.254 e. The molecule has 0 bridgehead atoms. The Kier molecular flexibility index (Phi) is 8.84. The Bertz CT molecular complexity index is 796. The first-order valence-electron chi connectivity index (χ1n) is 11.5. The molecule has 1 amide bonds. The van der Waals surface area contributed by atoms with Crippen LogP contribution in [0.5, 0.6) is 5.75 Å². The minimum Gasteiger partial charge on any atom is -0.493 e. The molecule has 0 radical (unpaired) electrons. The molecular formula is C23H35FN4O4. The summed E-state index contributed by atoms with van der Waals surface area (Å²) in [7, 11) is 0. The third kappa shape index (κ3) is 6.63. The number of aliphatic hydroxyl groups is 1. The second-order valence-corrected chi connectivity index (χ2v) is 8.88. The van der Waals surface area contributed by atoms with Crippen molar-refractivity contribution in [3.05, 3.63) is 29.6 Å². The summed E-state index contributed by atoms with van der Waals surface area (Å²) in [5, 5.41) is 11.5. The zero-order valence-corrected chi connectivity index (χ0v) is 19.1. The summed E-state index contributed by atoms with van der Waals surface area (Å²) < 4.78 is 19.9. The highest BCUT2D eigenvalue weighted by Crippen LogP contribution is 2.25. The number of benzene rings is 1. The lowest BCUT2D eigenvalue weighted by molar-refractivity contribution is 0.0489. The van der Waals surface area contributed by atoms with Gasteiger partial charge < -0.3 is 20.0 Å². The molecule has 0 aromatic heterocycles. The number of hydrogen-bond acceptors (Lipinski definition) is 7. The third-order valence-electron chi connectivity index (χ3n) is 5.87. The Morgan fingerprint density at radius 1 is 1.38 bits per heavy atom. The summed E-state index contributed by atoms with van der Waals surface area (Å²) in [6, 6.07) is 3.81. The van der Waals surface area contributed by atoms with Crippen LogP contribution in [-0.4, -0.2) is 60.4 Å². The molecule has 1 saturated heterocycles. The zero-order chi connectivity index (χ0) is 23.1. The van der Waals surface area contributed by atoms with Crippen molar-refractivity contribution in [2.24, 2.45) is 16.8 Å². The van der Waals surface area contributed by atoms with Crippen LogP contribution in [0.3, 0.4) is 0 Å². The second-order valence-electron chi connectivity index (χ2n) is 8.88. The normalized spacial score (nSPS) is 20.7. The number of nitrogens with zero attached hydrogens (tertiary/aromatic N) is 2. The Morgan fingerprint density at radius 3 is 2.75 bits per heavy atom. The summed E-state index contributed by atoms with van der Waals surface area (Å²) in [4.78, 5) is 24.4. The Morgan fingerprint density at radius 2 is 2.12 bits per heavy atom. The van der Waals surface area contributed by atoms with E-state index in [4.69, 9.17) is 14.7 Å². The number of ether oxygens (including phenoxy) is 1. The topological polar surface area (TPSA) is 95.4 Å². The molecule has 3 rings (SSSR count). The van der Waals surface area contributed by atoms with E-state index in [1.165, 1.54) is 12.1 Å². The van der Waals surface area contributed by atoms with Crippen molar-refractivity contribution in [2.45, 2.75) is 58.8 Å². The van der Waals surface area contributed by atoms with Crippen LogP contribution < -0.4 is 15.5 Å². The van der Waals surface area contributed by atoms with Crippen molar-refractivity contribution >= 4 is 11.8 Å². The molecule has 0 aliphatic carbocycles. The van der Waals surface area contributed by atoms with E-state index in [1.807, 2.05) is 0 Å². The Labute approximate surface area is 189 Å². The third-order valence-corrected chi connectivity index (χ3v) is 5.87. The van der Waals surface area contributed by atoms with E-state index in [-0.39, 0.29) is 24.4 Å². The number of amides is 1. The quantitative estimate of drug-likeness (QED) is 0.475. The van der Waals surface area contributed by atoms with E-state index in [9.17, 15) is 9.18 Å². The highest BCUT2D eigenvalue weighted by molar-refractivity contribution is 5.94. The van der Waals surface area contributed by atoms with Crippen molar-refractivity contribution in [1.82, 2.24) is 15.7 Å². The first-order valence-corrected chi connectivity index (χ1v) is 11.5. The van der Waals surface area contributed by atoms with Gasteiger partial charge in [-0.25, -0.2) is 9.38 Å². The monoisotopic (exact) mass is 450 g/mol. The van der Waals surface area contributed by atoms with Crippen LogP contribution in [0.15, 0.2) is 23.2 Å². The van der Waals surface area contributed by atoms with E-state index in [2.05, 4.69) is 34.5 Å². The van der Waals surface area contributed by atoms with Gasteiger partial charge in [0.2, 0.25) is 5.90 Å². The highest BCUT2D eigenvalue weighted by atomic mass is 19.1. The van der Waals surface area contributed by atoms with Gasteiger partial charge in [0, 0.05) is 31.1 Å². The second kappa shape index (κ2) is 11.6. The first-order chi connectivity index (χ1) is 15.4. The highest BCUT2D eigenvalue weighted by Gasteiger charge is 2.29. The Hall–Kier alpha value is -2.23. The molecule has 0 spiro atoms. The summed E-state index contributed by atoms with van der Waals surface area (Å²) in [5.41, 5.74) is 2.95. The summed E-state index contributed by atoms with van der Waals surface area (Å²) in [6.45, 7) is 8.04. The lowest BCUT2D eigenvalue weighted by atomic mass is 9.92. The van der Waals surface area contributed by atoms with Crippen LogP contribution in [0.25, 0.3) is 0 Å². The fourth-order valence-electron chi connectivity index (χ4n) is 3.87. The van der Waals surface area contributed by atoms with Crippen molar-refractivity contribution < 1.29 is 23.9 Å². The number of hydrogen-bond donors (Lipinski definition) is 3. The summed E-state index contributed by atoms with van der Waals surface area (Å²) in [5.74, 6) is 0.913. The van der Waals surface area contributed by atoms with E-state index in [0.717, 1.165) is 44.7 Å². The van der Waals surface area contributed by atoms with Gasteiger partial charge >= 0.3 is 0 Å². The molecule has 1 aromatic rings. The summed E-state index contributed by atoms with van der Waals surface area (Å²) in [6.07, 6.45) is 4.09. The average molecular weight is 451 g/mol. The minimum atomic E-state index is -0.634. The number of rotatable bonds is 10. The van der Waals surface area contributed by atoms with Crippen LogP contribution in [0.2, 0.25) is 0 Å². The molecular weight excluding hydrogens is 415 g/mol. The number of aliphatic hydroxyl groups excluding tert-OH is 1. The fourth-order valence-corrected chi connectivity index (χ4v) is 3.87. The van der Waals surface area contributed by atoms with E-state index >= 15 is 0 Å². The largest absolute Gasteiger partial charge is 0.493 e. The lowest BCUT2D eigenvalue weighted by Crippen LogP contribution is -2.45. The van der Waals surface area contributed by atoms with E-state index in [1.54, 1.807) is 13.0 Å². The number of aliphatic imine (C=N–C) groups is 1. The number of carbonyl (C=O) groups excluding carboxylic acids is 1. The molecule has 1 fully saturated rings. The summed E-state index contributed by atoms with van der Waals surface area (Å²) >= 11 is 0. The first kappa shape index (κ1) is 24.4. The van der Waals surface area contributed by atoms with Crippen molar-refractivity contribution in [3.63, 3.8) is 0 Å². The lowest BCUT2D eigenvalue weighted by Gasteiger charge is -2.33. The van der Waals surface area contributed by atoms with Crippen molar-refractivity contribution in [3.8, 4) is 5.75 Å². The van der Waals surface area contributed by atoms with Gasteiger partial charge in [-0.15, -0.1) is 5.48 Å². The molecule has 2 heterocycles. The average Bonchev–Trinajstić information content (AvgIpc) is 3.28. The zero-order valence-electron chi connectivity index (χ0n) is 19.1. The molecule has 8 nitrogen and oxygen atoms in total. The van der Waals surface area contributed by atoms with Crippen LogP contribution in [0.1, 0.15) is 56.8 Å². The maximum atomic E-state index is 14.3. The van der Waals surface area contributed by atoms with Crippen LogP contribution in [0, 0.1) is 17.7 Å². The maximum absolute atomic E-state index is 14.3. The Balaban J connectivity index is 1.35. The van der Waals surface area contributed by atoms with E-state index < -0.39 is 17.8 Å². The molecule has 2 aliphatic heterocycles. The van der Waals surface area contributed by atoms with Crippen LogP contribution >= 0.6 is 0 Å². The van der Waals surface area contributed by atoms with Crippen molar-refractivity contribution in [2.75, 3.05) is 26.3 Å². The molecule has 9 heteroatoms. The van der Waals surface area contributed by atoms with Gasteiger partial charge in [0.1, 0.15) is 11.6 Å². The van der Waals surface area contributed by atoms with Gasteiger partial charge in [-0.1, -0.05) is 13.8 Å². The molecule has 178 valence electrons. The molecule has 32 heavy (non-hydrogen) atoms. The molecule has 3 N–H and O–H groups in total. The van der Waals surface area contributed by atoms with Gasteiger partial charge in [0.25, 0.3) is 5.91 Å². The number of carbonyl (C=O) groups is 1. The van der Waals surface area contributed by atoms with Gasteiger partial charge in [-0.3, -0.25) is 9.69 Å². The fraction of sp³-hybridized carbons (Fsp3) is 0.652. The SMILES string of the molecule is CC(C)C1=NC(N2CCC(CCCOc3ccc(C(=O)N[C@H](C)CO)c(F)c3)CC2)NO1. The number of hydroxylamine groups is 1.